The van der Waals surface area contributed by atoms with Gasteiger partial charge in [-0.15, -0.1) is 0 Å². The number of aromatic hydroxyl groups is 1. The molecule has 1 N–H and O–H groups in total. The maximum Gasteiger partial charge on any atom is 0.416 e. The summed E-state index contributed by atoms with van der Waals surface area (Å²) in [7, 11) is 0. The maximum absolute atomic E-state index is 12.7. The van der Waals surface area contributed by atoms with Crippen molar-refractivity contribution in [2.45, 2.75) is 39.3 Å². The van der Waals surface area contributed by atoms with Gasteiger partial charge in [-0.05, 0) is 62.4 Å². The van der Waals surface area contributed by atoms with Crippen molar-refractivity contribution in [2.24, 2.45) is 0 Å². The molecule has 6 heteroatoms. The molecule has 0 spiro atoms. The molecule has 0 aliphatic rings. The molecule has 0 unspecified atom stereocenters. The average Bonchev–Trinajstić information content (AvgIpc) is 2.98. The standard InChI is InChI=1S/C21H20F3NO2/c1-13-12-15(6-11-19(13)26)4-3-5-18-14(2)20(27-25-18)16-7-9-17(10-8-16)21(22,23)24/h6-12,26H,3-5H2,1-2H3. The molecule has 0 saturated carbocycles. The van der Waals surface area contributed by atoms with Crippen LogP contribution in [0.4, 0.5) is 13.2 Å². The molecule has 27 heavy (non-hydrogen) atoms. The number of nitrogens with zero attached hydrogens (tertiary/aromatic N) is 1. The second-order valence-electron chi connectivity index (χ2n) is 6.63. The summed E-state index contributed by atoms with van der Waals surface area (Å²) >= 11 is 0. The largest absolute Gasteiger partial charge is 0.508 e. The summed E-state index contributed by atoms with van der Waals surface area (Å²) in [6.45, 7) is 3.72. The second kappa shape index (κ2) is 7.47. The van der Waals surface area contributed by atoms with Gasteiger partial charge in [-0.3, -0.25) is 0 Å². The van der Waals surface area contributed by atoms with Gasteiger partial charge in [-0.2, -0.15) is 13.2 Å². The highest BCUT2D eigenvalue weighted by Crippen LogP contribution is 2.32. The molecule has 0 aliphatic heterocycles. The average molecular weight is 375 g/mol. The normalized spacial score (nSPS) is 11.7. The van der Waals surface area contributed by atoms with Crippen LogP contribution in [0, 0.1) is 13.8 Å². The molecule has 0 amide bonds. The van der Waals surface area contributed by atoms with Crippen LogP contribution in [-0.2, 0) is 19.0 Å². The van der Waals surface area contributed by atoms with Crippen LogP contribution in [0.15, 0.2) is 47.0 Å². The van der Waals surface area contributed by atoms with Crippen molar-refractivity contribution in [2.75, 3.05) is 0 Å². The van der Waals surface area contributed by atoms with Gasteiger partial charge in [0, 0.05) is 11.1 Å². The molecule has 142 valence electrons. The summed E-state index contributed by atoms with van der Waals surface area (Å²) < 4.78 is 43.4. The van der Waals surface area contributed by atoms with Gasteiger partial charge < -0.3 is 9.63 Å². The van der Waals surface area contributed by atoms with E-state index in [1.54, 1.807) is 6.07 Å². The van der Waals surface area contributed by atoms with Crippen molar-refractivity contribution in [3.63, 3.8) is 0 Å². The van der Waals surface area contributed by atoms with E-state index in [9.17, 15) is 18.3 Å². The number of aromatic nitrogens is 1. The smallest absolute Gasteiger partial charge is 0.416 e. The Morgan fingerprint density at radius 2 is 1.70 bits per heavy atom. The summed E-state index contributed by atoms with van der Waals surface area (Å²) in [6, 6.07) is 10.4. The van der Waals surface area contributed by atoms with Gasteiger partial charge in [0.1, 0.15) is 5.75 Å². The van der Waals surface area contributed by atoms with Gasteiger partial charge in [0.15, 0.2) is 5.76 Å². The topological polar surface area (TPSA) is 46.3 Å². The van der Waals surface area contributed by atoms with E-state index in [0.29, 0.717) is 17.7 Å². The third-order valence-corrected chi connectivity index (χ3v) is 4.64. The molecule has 0 aliphatic carbocycles. The van der Waals surface area contributed by atoms with Crippen LogP contribution in [0.2, 0.25) is 0 Å². The minimum Gasteiger partial charge on any atom is -0.508 e. The Hall–Kier alpha value is -2.76. The summed E-state index contributed by atoms with van der Waals surface area (Å²) in [5.74, 6) is 0.784. The Balaban J connectivity index is 1.67. The minimum atomic E-state index is -4.35. The van der Waals surface area contributed by atoms with Crippen LogP contribution >= 0.6 is 0 Å². The van der Waals surface area contributed by atoms with E-state index in [0.717, 1.165) is 47.4 Å². The molecule has 3 rings (SSSR count). The molecule has 1 aromatic heterocycles. The number of hydrogen-bond acceptors (Lipinski definition) is 3. The third kappa shape index (κ3) is 4.32. The van der Waals surface area contributed by atoms with Gasteiger partial charge in [-0.25, -0.2) is 0 Å². The summed E-state index contributed by atoms with van der Waals surface area (Å²) in [5, 5.41) is 13.7. The lowest BCUT2D eigenvalue weighted by Gasteiger charge is -2.06. The highest BCUT2D eigenvalue weighted by Gasteiger charge is 2.30. The van der Waals surface area contributed by atoms with Crippen LogP contribution in [0.5, 0.6) is 5.75 Å². The lowest BCUT2D eigenvalue weighted by molar-refractivity contribution is -0.137. The van der Waals surface area contributed by atoms with Gasteiger partial charge >= 0.3 is 6.18 Å². The van der Waals surface area contributed by atoms with E-state index in [1.807, 2.05) is 26.0 Å². The number of phenols is 1. The number of alkyl halides is 3. The Morgan fingerprint density at radius 3 is 2.33 bits per heavy atom. The highest BCUT2D eigenvalue weighted by molar-refractivity contribution is 5.62. The monoisotopic (exact) mass is 375 g/mol. The van der Waals surface area contributed by atoms with Crippen molar-refractivity contribution in [1.82, 2.24) is 5.16 Å². The van der Waals surface area contributed by atoms with E-state index in [4.69, 9.17) is 4.52 Å². The fraction of sp³-hybridized carbons (Fsp3) is 0.286. The van der Waals surface area contributed by atoms with E-state index in [1.165, 1.54) is 12.1 Å². The van der Waals surface area contributed by atoms with Gasteiger partial charge in [0.2, 0.25) is 0 Å². The molecule has 2 aromatic carbocycles. The van der Waals surface area contributed by atoms with E-state index in [-0.39, 0.29) is 5.75 Å². The fourth-order valence-corrected chi connectivity index (χ4v) is 3.01. The van der Waals surface area contributed by atoms with Gasteiger partial charge in [0.05, 0.1) is 11.3 Å². The summed E-state index contributed by atoms with van der Waals surface area (Å²) in [4.78, 5) is 0. The van der Waals surface area contributed by atoms with Crippen LogP contribution in [0.1, 0.15) is 34.4 Å². The minimum absolute atomic E-state index is 0.285. The molecule has 0 bridgehead atoms. The quantitative estimate of drug-likeness (QED) is 0.608. The summed E-state index contributed by atoms with van der Waals surface area (Å²) in [6.07, 6.45) is -1.96. The Bertz CT molecular complexity index is 928. The first kappa shape index (κ1) is 19.0. The molecule has 1 heterocycles. The number of halogens is 3. The first-order valence-electron chi connectivity index (χ1n) is 8.67. The Morgan fingerprint density at radius 1 is 1.00 bits per heavy atom. The van der Waals surface area contributed by atoms with Crippen molar-refractivity contribution < 1.29 is 22.8 Å². The molecule has 0 fully saturated rings. The van der Waals surface area contributed by atoms with E-state index >= 15 is 0 Å². The second-order valence-corrected chi connectivity index (χ2v) is 6.63. The number of phenolic OH excluding ortho intramolecular Hbond substituents is 1. The van der Waals surface area contributed by atoms with Gasteiger partial charge in [-0.1, -0.05) is 29.4 Å². The third-order valence-electron chi connectivity index (χ3n) is 4.64. The number of rotatable bonds is 5. The van der Waals surface area contributed by atoms with E-state index in [2.05, 4.69) is 5.16 Å². The number of benzene rings is 2. The van der Waals surface area contributed by atoms with Crippen LogP contribution in [0.3, 0.4) is 0 Å². The zero-order valence-corrected chi connectivity index (χ0v) is 15.1. The molecule has 0 atom stereocenters. The van der Waals surface area contributed by atoms with Gasteiger partial charge in [0.25, 0.3) is 0 Å². The van der Waals surface area contributed by atoms with Crippen molar-refractivity contribution in [3.8, 4) is 17.1 Å². The summed E-state index contributed by atoms with van der Waals surface area (Å²) in [5.41, 5.74) is 3.52. The van der Waals surface area contributed by atoms with Crippen molar-refractivity contribution in [1.29, 1.82) is 0 Å². The first-order chi connectivity index (χ1) is 12.8. The van der Waals surface area contributed by atoms with Crippen LogP contribution in [-0.4, -0.2) is 10.3 Å². The molecule has 0 saturated heterocycles. The molecular formula is C21H20F3NO2. The Labute approximate surface area is 155 Å². The van der Waals surface area contributed by atoms with Crippen LogP contribution in [0.25, 0.3) is 11.3 Å². The lowest BCUT2D eigenvalue weighted by Crippen LogP contribution is -2.03. The van der Waals surface area contributed by atoms with Crippen molar-refractivity contribution in [3.05, 3.63) is 70.4 Å². The molecule has 3 aromatic rings. The fourth-order valence-electron chi connectivity index (χ4n) is 3.01. The zero-order chi connectivity index (χ0) is 19.6. The predicted octanol–water partition coefficient (Wildman–Crippen LogP) is 5.86. The Kier molecular flexibility index (Phi) is 5.26. The predicted molar refractivity (Wildman–Crippen MR) is 96.5 cm³/mol. The lowest BCUT2D eigenvalue weighted by atomic mass is 10.0. The number of aryl methyl sites for hydroxylation is 3. The highest BCUT2D eigenvalue weighted by atomic mass is 19.4. The molecular weight excluding hydrogens is 355 g/mol. The SMILES string of the molecule is Cc1cc(CCCc2noc(-c3ccc(C(F)(F)F)cc3)c2C)ccc1O. The first-order valence-corrected chi connectivity index (χ1v) is 8.67. The van der Waals surface area contributed by atoms with E-state index < -0.39 is 11.7 Å². The number of hydrogen-bond donors (Lipinski definition) is 1. The van der Waals surface area contributed by atoms with Crippen molar-refractivity contribution >= 4 is 0 Å². The molecule has 3 nitrogen and oxygen atoms in total. The maximum atomic E-state index is 12.7. The zero-order valence-electron chi connectivity index (χ0n) is 15.1. The van der Waals surface area contributed by atoms with Crippen LogP contribution < -0.4 is 0 Å². The molecule has 0 radical (unpaired) electrons.